The molecule has 0 aliphatic heterocycles. The Hall–Kier alpha value is -1.26. The minimum absolute atomic E-state index is 0.0782. The van der Waals surface area contributed by atoms with Crippen molar-refractivity contribution >= 4 is 21.4 Å². The molecular formula is C16H25N3O4S2. The first-order valence-electron chi connectivity index (χ1n) is 8.09. The molecule has 0 bridgehead atoms. The molecule has 0 aliphatic rings. The van der Waals surface area contributed by atoms with E-state index < -0.39 is 16.1 Å². The number of aromatic nitrogens is 2. The van der Waals surface area contributed by atoms with Gasteiger partial charge in [0.15, 0.2) is 0 Å². The Bertz CT molecular complexity index is 783. The van der Waals surface area contributed by atoms with Crippen LogP contribution in [-0.4, -0.2) is 43.1 Å². The molecule has 140 valence electrons. The van der Waals surface area contributed by atoms with Gasteiger partial charge in [0, 0.05) is 17.5 Å². The van der Waals surface area contributed by atoms with Crippen molar-refractivity contribution in [3.8, 4) is 0 Å². The summed E-state index contributed by atoms with van der Waals surface area (Å²) in [6.45, 7) is 7.49. The van der Waals surface area contributed by atoms with Gasteiger partial charge in [-0.3, -0.25) is 4.68 Å². The number of hydrogen-bond acceptors (Lipinski definition) is 6. The molecule has 0 amide bonds. The lowest BCUT2D eigenvalue weighted by atomic mass is 10.3. The molecule has 2 aromatic heterocycles. The monoisotopic (exact) mass is 387 g/mol. The molecule has 2 N–H and O–H groups in total. The van der Waals surface area contributed by atoms with Crippen LogP contribution in [0, 0.1) is 13.8 Å². The number of thiophene rings is 1. The molecular weight excluding hydrogens is 362 g/mol. The number of aliphatic hydroxyl groups is 1. The highest BCUT2D eigenvalue weighted by atomic mass is 32.2. The maximum atomic E-state index is 12.8. The maximum absolute atomic E-state index is 12.8. The first kappa shape index (κ1) is 20.1. The minimum atomic E-state index is -3.72. The van der Waals surface area contributed by atoms with Gasteiger partial charge >= 0.3 is 0 Å². The van der Waals surface area contributed by atoms with E-state index in [4.69, 9.17) is 9.84 Å². The van der Waals surface area contributed by atoms with Crippen LogP contribution in [0.3, 0.4) is 0 Å². The van der Waals surface area contributed by atoms with Crippen molar-refractivity contribution in [3.63, 3.8) is 0 Å². The molecule has 0 radical (unpaired) electrons. The third-order valence-corrected chi connectivity index (χ3v) is 6.39. The van der Waals surface area contributed by atoms with Gasteiger partial charge in [0.05, 0.1) is 24.6 Å². The van der Waals surface area contributed by atoms with E-state index in [1.807, 2.05) is 31.4 Å². The van der Waals surface area contributed by atoms with E-state index >= 15 is 0 Å². The fourth-order valence-corrected chi connectivity index (χ4v) is 4.91. The number of nitrogens with one attached hydrogen (secondary N) is 1. The number of nitrogens with zero attached hydrogens (tertiary/aromatic N) is 2. The number of aryl methyl sites for hydroxylation is 1. The first-order valence-corrected chi connectivity index (χ1v) is 10.5. The van der Waals surface area contributed by atoms with Crippen LogP contribution in [0.4, 0.5) is 0 Å². The van der Waals surface area contributed by atoms with Gasteiger partial charge in [-0.1, -0.05) is 6.07 Å². The van der Waals surface area contributed by atoms with Crippen molar-refractivity contribution < 1.29 is 18.3 Å². The fourth-order valence-electron chi connectivity index (χ4n) is 2.71. The molecule has 0 fully saturated rings. The second-order valence-corrected chi connectivity index (χ2v) is 8.67. The predicted molar refractivity (Wildman–Crippen MR) is 97.4 cm³/mol. The average molecular weight is 388 g/mol. The van der Waals surface area contributed by atoms with Crippen LogP contribution < -0.4 is 4.72 Å². The summed E-state index contributed by atoms with van der Waals surface area (Å²) in [5, 5.41) is 15.2. The Morgan fingerprint density at radius 1 is 1.40 bits per heavy atom. The summed E-state index contributed by atoms with van der Waals surface area (Å²) >= 11 is 1.48. The number of sulfonamides is 1. The largest absolute Gasteiger partial charge is 0.394 e. The quantitative estimate of drug-likeness (QED) is 0.688. The van der Waals surface area contributed by atoms with Crippen LogP contribution in [0.25, 0.3) is 0 Å². The molecule has 2 heterocycles. The smallest absolute Gasteiger partial charge is 0.244 e. The van der Waals surface area contributed by atoms with Crippen molar-refractivity contribution in [1.82, 2.24) is 14.5 Å². The van der Waals surface area contributed by atoms with Crippen LogP contribution in [-0.2, 0) is 14.8 Å². The lowest BCUT2D eigenvalue weighted by molar-refractivity contribution is 0.0328. The van der Waals surface area contributed by atoms with E-state index in [1.54, 1.807) is 18.5 Å². The third-order valence-electron chi connectivity index (χ3n) is 3.75. The normalized spacial score (nSPS) is 13.5. The Morgan fingerprint density at radius 2 is 2.12 bits per heavy atom. The van der Waals surface area contributed by atoms with Gasteiger partial charge < -0.3 is 9.84 Å². The van der Waals surface area contributed by atoms with Crippen molar-refractivity contribution in [1.29, 1.82) is 0 Å². The zero-order valence-corrected chi connectivity index (χ0v) is 16.5. The highest BCUT2D eigenvalue weighted by Gasteiger charge is 2.26. The molecule has 0 saturated heterocycles. The van der Waals surface area contributed by atoms with Crippen LogP contribution in [0.5, 0.6) is 0 Å². The standard InChI is InChI=1S/C16H25N3O4S2/c1-11(2)19-13(4)16(12(3)18-19)25(21,22)17-10-14(23-8-7-20)15-6-5-9-24-15/h5-6,9,11,14,17,20H,7-8,10H2,1-4H3/t14-/m0/s1. The van der Waals surface area contributed by atoms with Gasteiger partial charge in [-0.25, -0.2) is 13.1 Å². The molecule has 0 saturated carbocycles. The van der Waals surface area contributed by atoms with Crippen molar-refractivity contribution in [3.05, 3.63) is 33.8 Å². The molecule has 0 aliphatic carbocycles. The highest BCUT2D eigenvalue weighted by Crippen LogP contribution is 2.25. The Kier molecular flexibility index (Phi) is 6.75. The van der Waals surface area contributed by atoms with E-state index in [0.717, 1.165) is 4.88 Å². The summed E-state index contributed by atoms with van der Waals surface area (Å²) in [5.74, 6) is 0. The van der Waals surface area contributed by atoms with Gasteiger partial charge in [-0.15, -0.1) is 11.3 Å². The Labute approximate surface area is 152 Å². The van der Waals surface area contributed by atoms with Crippen LogP contribution in [0.2, 0.25) is 0 Å². The number of hydrogen-bond donors (Lipinski definition) is 2. The highest BCUT2D eigenvalue weighted by molar-refractivity contribution is 7.89. The van der Waals surface area contributed by atoms with Crippen LogP contribution in [0.1, 0.15) is 42.3 Å². The fraction of sp³-hybridized carbons (Fsp3) is 0.562. The predicted octanol–water partition coefficient (Wildman–Crippen LogP) is 2.17. The summed E-state index contributed by atoms with van der Waals surface area (Å²) < 4.78 is 35.5. The molecule has 0 unspecified atom stereocenters. The van der Waals surface area contributed by atoms with E-state index in [2.05, 4.69) is 9.82 Å². The number of rotatable bonds is 9. The van der Waals surface area contributed by atoms with Gasteiger partial charge in [0.1, 0.15) is 11.0 Å². The average Bonchev–Trinajstić information content (AvgIpc) is 3.15. The van der Waals surface area contributed by atoms with Gasteiger partial charge in [0.2, 0.25) is 10.0 Å². The second-order valence-electron chi connectivity index (χ2n) is 5.99. The van der Waals surface area contributed by atoms with Crippen LogP contribution >= 0.6 is 11.3 Å². The van der Waals surface area contributed by atoms with Gasteiger partial charge in [-0.2, -0.15) is 5.10 Å². The summed E-state index contributed by atoms with van der Waals surface area (Å²) in [6.07, 6.45) is -0.442. The van der Waals surface area contributed by atoms with E-state index in [9.17, 15) is 8.42 Å². The summed E-state index contributed by atoms with van der Waals surface area (Å²) in [4.78, 5) is 1.12. The molecule has 7 nitrogen and oxygen atoms in total. The maximum Gasteiger partial charge on any atom is 0.244 e. The first-order chi connectivity index (χ1) is 11.8. The number of aliphatic hydroxyl groups excluding tert-OH is 1. The third kappa shape index (κ3) is 4.68. The molecule has 0 spiro atoms. The Balaban J connectivity index is 2.20. The van der Waals surface area contributed by atoms with Crippen molar-refractivity contribution in [2.24, 2.45) is 0 Å². The van der Waals surface area contributed by atoms with Crippen LogP contribution in [0.15, 0.2) is 22.4 Å². The lowest BCUT2D eigenvalue weighted by Gasteiger charge is -2.17. The molecule has 1 atom stereocenters. The molecule has 25 heavy (non-hydrogen) atoms. The second kappa shape index (κ2) is 8.41. The summed E-state index contributed by atoms with van der Waals surface area (Å²) in [7, 11) is -3.72. The SMILES string of the molecule is Cc1nn(C(C)C)c(C)c1S(=O)(=O)NC[C@H](OCCO)c1cccs1. The van der Waals surface area contributed by atoms with Gasteiger partial charge in [-0.05, 0) is 39.1 Å². The molecule has 2 rings (SSSR count). The lowest BCUT2D eigenvalue weighted by Crippen LogP contribution is -2.30. The Morgan fingerprint density at radius 3 is 2.64 bits per heavy atom. The number of ether oxygens (including phenoxy) is 1. The van der Waals surface area contributed by atoms with Crippen molar-refractivity contribution in [2.75, 3.05) is 19.8 Å². The topological polar surface area (TPSA) is 93.5 Å². The molecule has 2 aromatic rings. The zero-order chi connectivity index (χ0) is 18.6. The zero-order valence-electron chi connectivity index (χ0n) is 14.9. The van der Waals surface area contributed by atoms with E-state index in [1.165, 1.54) is 11.3 Å². The molecule has 0 aromatic carbocycles. The molecule has 9 heteroatoms. The van der Waals surface area contributed by atoms with E-state index in [-0.39, 0.29) is 30.7 Å². The van der Waals surface area contributed by atoms with Crippen molar-refractivity contribution in [2.45, 2.75) is 44.7 Å². The van der Waals surface area contributed by atoms with E-state index in [0.29, 0.717) is 11.4 Å². The minimum Gasteiger partial charge on any atom is -0.394 e. The summed E-state index contributed by atoms with van der Waals surface area (Å²) in [6, 6.07) is 3.84. The summed E-state index contributed by atoms with van der Waals surface area (Å²) in [5.41, 5.74) is 1.09. The van der Waals surface area contributed by atoms with Gasteiger partial charge in [0.25, 0.3) is 0 Å².